The molecule has 0 aliphatic carbocycles. The van der Waals surface area contributed by atoms with E-state index in [1.54, 1.807) is 0 Å². The molecule has 0 saturated carbocycles. The highest BCUT2D eigenvalue weighted by Gasteiger charge is 2.31. The van der Waals surface area contributed by atoms with Gasteiger partial charge in [-0.2, -0.15) is 0 Å². The van der Waals surface area contributed by atoms with Crippen molar-refractivity contribution < 1.29 is 0 Å². The topological polar surface area (TPSA) is 15.3 Å². The fourth-order valence-electron chi connectivity index (χ4n) is 7.73. The minimum Gasteiger partial charge on any atom is -0.359 e. The van der Waals surface area contributed by atoms with Crippen LogP contribution in [0, 0.1) is 0 Å². The van der Waals surface area contributed by atoms with Crippen LogP contribution in [-0.4, -0.2) is 0 Å². The van der Waals surface area contributed by atoms with Gasteiger partial charge in [-0.25, -0.2) is 0 Å². The minimum atomic E-state index is 0.0214. The zero-order valence-electron chi connectivity index (χ0n) is 26.1. The van der Waals surface area contributed by atoms with Crippen LogP contribution in [0.25, 0.3) is 64.0 Å². The summed E-state index contributed by atoms with van der Waals surface area (Å²) in [6.07, 6.45) is 0.0214. The van der Waals surface area contributed by atoms with Gasteiger partial charge in [-0.05, 0) is 91.8 Å². The van der Waals surface area contributed by atoms with E-state index in [1.165, 1.54) is 75.2 Å². The van der Waals surface area contributed by atoms with Crippen LogP contribution < -0.4 is 10.2 Å². The Hall–Kier alpha value is -5.90. The molecule has 1 aliphatic rings. The molecule has 9 aromatic rings. The van der Waals surface area contributed by atoms with Crippen LogP contribution in [0.15, 0.2) is 170 Å². The molecule has 1 aliphatic heterocycles. The van der Waals surface area contributed by atoms with Crippen molar-refractivity contribution in [1.82, 2.24) is 0 Å². The van der Waals surface area contributed by atoms with Gasteiger partial charge in [0, 0.05) is 25.9 Å². The standard InChI is InChI=1S/C45H30N2S/c1-2-12-30(13-3-1)45-46-39-19-9-10-20-40(39)47(45)32-25-22-29(23-26-32)43-34-15-4-6-17-36(34)44(37-18-7-5-16-35(37)43)31-24-27-42-38(28-31)33-14-8-11-21-41(33)48-42/h1-28,45-46H. The lowest BCUT2D eigenvalue weighted by molar-refractivity contribution is 0.828. The first-order chi connectivity index (χ1) is 23.8. The van der Waals surface area contributed by atoms with E-state index in [9.17, 15) is 0 Å². The van der Waals surface area contributed by atoms with Crippen LogP contribution in [-0.2, 0) is 0 Å². The van der Waals surface area contributed by atoms with E-state index in [-0.39, 0.29) is 6.17 Å². The number of benzene rings is 8. The van der Waals surface area contributed by atoms with Gasteiger partial charge in [0.1, 0.15) is 6.17 Å². The summed E-state index contributed by atoms with van der Waals surface area (Å²) in [5, 5.41) is 11.5. The average Bonchev–Trinajstić information content (AvgIpc) is 3.73. The summed E-state index contributed by atoms with van der Waals surface area (Å²) in [7, 11) is 0. The first kappa shape index (κ1) is 27.2. The summed E-state index contributed by atoms with van der Waals surface area (Å²) < 4.78 is 2.66. The van der Waals surface area contributed by atoms with E-state index in [4.69, 9.17) is 0 Å². The Morgan fingerprint density at radius 1 is 0.438 bits per heavy atom. The lowest BCUT2D eigenvalue weighted by Gasteiger charge is -2.27. The summed E-state index contributed by atoms with van der Waals surface area (Å²) in [5.74, 6) is 0. The maximum atomic E-state index is 3.76. The second-order valence-electron chi connectivity index (χ2n) is 12.5. The average molecular weight is 631 g/mol. The Morgan fingerprint density at radius 3 is 1.69 bits per heavy atom. The molecule has 0 fully saturated rings. The second kappa shape index (κ2) is 10.8. The first-order valence-electron chi connectivity index (χ1n) is 16.5. The monoisotopic (exact) mass is 630 g/mol. The quantitative estimate of drug-likeness (QED) is 0.195. The molecule has 0 spiro atoms. The summed E-state index contributed by atoms with van der Waals surface area (Å²) in [6, 6.07) is 62.1. The fourth-order valence-corrected chi connectivity index (χ4v) is 8.82. The Labute approximate surface area is 283 Å². The summed E-state index contributed by atoms with van der Waals surface area (Å²) >= 11 is 1.87. The highest BCUT2D eigenvalue weighted by atomic mass is 32.1. The molecule has 1 aromatic heterocycles. The zero-order chi connectivity index (χ0) is 31.6. The number of anilines is 3. The van der Waals surface area contributed by atoms with Gasteiger partial charge in [0.25, 0.3) is 0 Å². The normalized spacial score (nSPS) is 14.2. The van der Waals surface area contributed by atoms with Gasteiger partial charge >= 0.3 is 0 Å². The summed E-state index contributed by atoms with van der Waals surface area (Å²) in [6.45, 7) is 0. The molecule has 10 rings (SSSR count). The van der Waals surface area contributed by atoms with E-state index in [0.29, 0.717) is 0 Å². The van der Waals surface area contributed by atoms with Crippen LogP contribution >= 0.6 is 11.3 Å². The molecule has 0 saturated heterocycles. The molecule has 3 heteroatoms. The lowest BCUT2D eigenvalue weighted by atomic mass is 9.85. The Morgan fingerprint density at radius 2 is 0.979 bits per heavy atom. The molecule has 1 unspecified atom stereocenters. The van der Waals surface area contributed by atoms with Crippen molar-refractivity contribution >= 4 is 70.1 Å². The van der Waals surface area contributed by atoms with Crippen molar-refractivity contribution in [3.63, 3.8) is 0 Å². The van der Waals surface area contributed by atoms with Crippen LogP contribution in [0.1, 0.15) is 11.7 Å². The highest BCUT2D eigenvalue weighted by molar-refractivity contribution is 7.25. The van der Waals surface area contributed by atoms with Crippen molar-refractivity contribution in [2.45, 2.75) is 6.17 Å². The number of rotatable bonds is 4. The third kappa shape index (κ3) is 4.18. The van der Waals surface area contributed by atoms with Crippen LogP contribution in [0.4, 0.5) is 17.1 Å². The molecular formula is C45H30N2S. The fraction of sp³-hybridized carbons (Fsp3) is 0.0222. The molecule has 0 amide bonds. The number of nitrogens with zero attached hydrogens (tertiary/aromatic N) is 1. The van der Waals surface area contributed by atoms with E-state index in [1.807, 2.05) is 11.3 Å². The molecule has 0 bridgehead atoms. The van der Waals surface area contributed by atoms with Gasteiger partial charge in [-0.15, -0.1) is 11.3 Å². The molecule has 226 valence electrons. The third-order valence-electron chi connectivity index (χ3n) is 9.86. The van der Waals surface area contributed by atoms with Gasteiger partial charge in [-0.3, -0.25) is 0 Å². The van der Waals surface area contributed by atoms with Gasteiger partial charge < -0.3 is 10.2 Å². The SMILES string of the molecule is c1ccc(C2Nc3ccccc3N2c2ccc(-c3c4ccccc4c(-c4ccc5sc6ccccc6c5c4)c4ccccc34)cc2)cc1. The number of hydrogen-bond donors (Lipinski definition) is 1. The number of hydrogen-bond acceptors (Lipinski definition) is 3. The van der Waals surface area contributed by atoms with Crippen LogP contribution in [0.2, 0.25) is 0 Å². The molecule has 1 N–H and O–H groups in total. The maximum absolute atomic E-state index is 3.76. The minimum absolute atomic E-state index is 0.0214. The van der Waals surface area contributed by atoms with Crippen molar-refractivity contribution in [2.75, 3.05) is 10.2 Å². The first-order valence-corrected chi connectivity index (χ1v) is 17.3. The van der Waals surface area contributed by atoms with Crippen molar-refractivity contribution in [2.24, 2.45) is 0 Å². The van der Waals surface area contributed by atoms with Crippen molar-refractivity contribution in [3.05, 3.63) is 175 Å². The number of fused-ring (bicyclic) bond motifs is 6. The van der Waals surface area contributed by atoms with Gasteiger partial charge in [0.2, 0.25) is 0 Å². The van der Waals surface area contributed by atoms with Gasteiger partial charge in [-0.1, -0.05) is 127 Å². The van der Waals surface area contributed by atoms with Crippen LogP contribution in [0.5, 0.6) is 0 Å². The molecule has 2 nitrogen and oxygen atoms in total. The van der Waals surface area contributed by atoms with Gasteiger partial charge in [0.05, 0.1) is 11.4 Å². The van der Waals surface area contributed by atoms with E-state index in [2.05, 4.69) is 180 Å². The van der Waals surface area contributed by atoms with Crippen LogP contribution in [0.3, 0.4) is 0 Å². The smallest absolute Gasteiger partial charge is 0.130 e. The van der Waals surface area contributed by atoms with Crippen molar-refractivity contribution in [1.29, 1.82) is 0 Å². The highest BCUT2D eigenvalue weighted by Crippen LogP contribution is 2.48. The lowest BCUT2D eigenvalue weighted by Crippen LogP contribution is -2.23. The van der Waals surface area contributed by atoms with E-state index in [0.717, 1.165) is 11.4 Å². The predicted octanol–water partition coefficient (Wildman–Crippen LogP) is 13.0. The zero-order valence-corrected chi connectivity index (χ0v) is 26.9. The molecule has 0 radical (unpaired) electrons. The number of thiophene rings is 1. The molecular weight excluding hydrogens is 601 g/mol. The Bertz CT molecular complexity index is 2600. The third-order valence-corrected chi connectivity index (χ3v) is 11.0. The summed E-state index contributed by atoms with van der Waals surface area (Å²) in [4.78, 5) is 2.41. The molecule has 2 heterocycles. The van der Waals surface area contributed by atoms with Gasteiger partial charge in [0.15, 0.2) is 0 Å². The van der Waals surface area contributed by atoms with E-state index >= 15 is 0 Å². The maximum Gasteiger partial charge on any atom is 0.130 e. The van der Waals surface area contributed by atoms with Crippen molar-refractivity contribution in [3.8, 4) is 22.3 Å². The molecule has 48 heavy (non-hydrogen) atoms. The Kier molecular flexibility index (Phi) is 6.15. The second-order valence-corrected chi connectivity index (χ2v) is 13.6. The molecule has 1 atom stereocenters. The molecule has 8 aromatic carbocycles. The summed E-state index contributed by atoms with van der Waals surface area (Å²) in [5.41, 5.74) is 9.78. The van der Waals surface area contributed by atoms with E-state index < -0.39 is 0 Å². The predicted molar refractivity (Wildman–Crippen MR) is 207 cm³/mol. The largest absolute Gasteiger partial charge is 0.359 e. The Balaban J connectivity index is 1.15. The number of nitrogens with one attached hydrogen (secondary N) is 1. The number of para-hydroxylation sites is 2.